The van der Waals surface area contributed by atoms with Crippen LogP contribution in [0.15, 0.2) is 54.9 Å². The average Bonchev–Trinajstić information content (AvgIpc) is 3.35. The predicted octanol–water partition coefficient (Wildman–Crippen LogP) is 5.37. The van der Waals surface area contributed by atoms with Gasteiger partial charge in [0.25, 0.3) is 5.91 Å². The molecule has 2 N–H and O–H groups in total. The number of piperidine rings is 1. The zero-order valence-electron chi connectivity index (χ0n) is 20.5. The minimum absolute atomic E-state index is 0.0200. The minimum Gasteiger partial charge on any atom is -0.488 e. The van der Waals surface area contributed by atoms with Crippen molar-refractivity contribution in [2.24, 2.45) is 0 Å². The van der Waals surface area contributed by atoms with E-state index in [1.54, 1.807) is 30.6 Å². The van der Waals surface area contributed by atoms with Crippen LogP contribution in [0.3, 0.4) is 0 Å². The number of nitrogen functional groups attached to an aromatic ring is 1. The highest BCUT2D eigenvalue weighted by Crippen LogP contribution is 2.40. The maximum atomic E-state index is 12.7. The van der Waals surface area contributed by atoms with E-state index < -0.39 is 0 Å². The molecule has 1 saturated heterocycles. The molecule has 1 atom stereocenters. The summed E-state index contributed by atoms with van der Waals surface area (Å²) in [6, 6.07) is 11.1. The molecule has 3 aromatic rings. The van der Waals surface area contributed by atoms with Gasteiger partial charge >= 0.3 is 0 Å². The number of fused-ring (bicyclic) bond motifs is 1. The summed E-state index contributed by atoms with van der Waals surface area (Å²) in [5.74, 6) is 1.17. The maximum Gasteiger partial charge on any atom is 0.255 e. The Bertz CT molecular complexity index is 1320. The maximum absolute atomic E-state index is 12.7. The second-order valence-electron chi connectivity index (χ2n) is 9.53. The Morgan fingerprint density at radius 1 is 1.08 bits per heavy atom. The number of allylic oxidation sites excluding steroid dienone is 1. The van der Waals surface area contributed by atoms with Crippen LogP contribution in [0.5, 0.6) is 5.75 Å². The van der Waals surface area contributed by atoms with Crippen LogP contribution in [0.2, 0.25) is 5.02 Å². The van der Waals surface area contributed by atoms with Gasteiger partial charge < -0.3 is 15.4 Å². The summed E-state index contributed by atoms with van der Waals surface area (Å²) in [6.45, 7) is 1.62. The predicted molar refractivity (Wildman–Crippen MR) is 144 cm³/mol. The Morgan fingerprint density at radius 3 is 2.65 bits per heavy atom. The van der Waals surface area contributed by atoms with Crippen LogP contribution in [-0.4, -0.2) is 45.8 Å². The van der Waals surface area contributed by atoms with Crippen LogP contribution >= 0.6 is 11.6 Å². The van der Waals surface area contributed by atoms with E-state index in [2.05, 4.69) is 9.97 Å². The third-order valence-electron chi connectivity index (χ3n) is 6.79. The lowest BCUT2D eigenvalue weighted by Crippen LogP contribution is -2.35. The molecule has 2 aliphatic rings. The number of halogens is 1. The summed E-state index contributed by atoms with van der Waals surface area (Å²) in [4.78, 5) is 35.6. The van der Waals surface area contributed by atoms with Crippen molar-refractivity contribution in [3.63, 3.8) is 0 Å². The number of ether oxygens (including phenoxy) is 1. The Kier molecular flexibility index (Phi) is 7.51. The number of carbonyl (C=O) groups excluding carboxylic acids is 2. The molecule has 0 spiro atoms. The molecule has 0 aliphatic carbocycles. The van der Waals surface area contributed by atoms with Crippen LogP contribution in [0.1, 0.15) is 53.6 Å². The van der Waals surface area contributed by atoms with E-state index in [1.165, 1.54) is 6.42 Å². The van der Waals surface area contributed by atoms with Gasteiger partial charge in [0.15, 0.2) is 5.78 Å². The van der Waals surface area contributed by atoms with Gasteiger partial charge in [-0.05, 0) is 79.8 Å². The molecule has 1 fully saturated rings. The van der Waals surface area contributed by atoms with Crippen molar-refractivity contribution in [3.05, 3.63) is 76.6 Å². The number of ketones is 1. The molecule has 1 aromatic carbocycles. The number of amides is 1. The number of anilines is 1. The SMILES string of the molecule is Nc1ccc(/C=C/C(=O)CCC2Cc3cc(-c4ccc(C(=O)N5CCCCC5)cn4)cc(Cl)c3O2)cn1. The topological polar surface area (TPSA) is 98.4 Å². The van der Waals surface area contributed by atoms with Crippen LogP contribution in [0.25, 0.3) is 17.3 Å². The number of aromatic nitrogens is 2. The number of pyridine rings is 2. The molecule has 0 saturated carbocycles. The van der Waals surface area contributed by atoms with Crippen LogP contribution in [0, 0.1) is 0 Å². The summed E-state index contributed by atoms with van der Waals surface area (Å²) in [7, 11) is 0. The number of hydrogen-bond donors (Lipinski definition) is 1. The van der Waals surface area contributed by atoms with Crippen molar-refractivity contribution in [1.29, 1.82) is 0 Å². The summed E-state index contributed by atoms with van der Waals surface area (Å²) >= 11 is 6.56. The lowest BCUT2D eigenvalue weighted by Gasteiger charge is -2.26. The number of hydrogen-bond acceptors (Lipinski definition) is 6. The third kappa shape index (κ3) is 6.00. The van der Waals surface area contributed by atoms with Crippen LogP contribution < -0.4 is 10.5 Å². The summed E-state index contributed by atoms with van der Waals surface area (Å²) < 4.78 is 6.07. The van der Waals surface area contributed by atoms with Crippen LogP contribution in [0.4, 0.5) is 5.82 Å². The average molecular weight is 517 g/mol. The van der Waals surface area contributed by atoms with Gasteiger partial charge in [-0.2, -0.15) is 0 Å². The highest BCUT2D eigenvalue weighted by molar-refractivity contribution is 6.32. The molecule has 1 amide bonds. The molecule has 190 valence electrons. The molecule has 5 rings (SSSR count). The second-order valence-corrected chi connectivity index (χ2v) is 9.94. The smallest absolute Gasteiger partial charge is 0.255 e. The Hall–Kier alpha value is -3.71. The third-order valence-corrected chi connectivity index (χ3v) is 7.07. The molecular formula is C29H29ClN4O3. The van der Waals surface area contributed by atoms with Gasteiger partial charge in [-0.15, -0.1) is 0 Å². The molecule has 8 heteroatoms. The van der Waals surface area contributed by atoms with Crippen molar-refractivity contribution < 1.29 is 14.3 Å². The first-order valence-corrected chi connectivity index (χ1v) is 13.0. The summed E-state index contributed by atoms with van der Waals surface area (Å²) in [5, 5.41) is 0.521. The lowest BCUT2D eigenvalue weighted by atomic mass is 10.0. The minimum atomic E-state index is -0.115. The summed E-state index contributed by atoms with van der Waals surface area (Å²) in [6.07, 6.45) is 11.4. The van der Waals surface area contributed by atoms with Crippen LogP contribution in [-0.2, 0) is 11.2 Å². The quantitative estimate of drug-likeness (QED) is 0.424. The molecule has 7 nitrogen and oxygen atoms in total. The Morgan fingerprint density at radius 2 is 1.92 bits per heavy atom. The van der Waals surface area contributed by atoms with Crippen molar-refractivity contribution in [2.45, 2.75) is 44.6 Å². The second kappa shape index (κ2) is 11.1. The number of benzene rings is 1. The van der Waals surface area contributed by atoms with E-state index in [0.717, 1.165) is 48.3 Å². The van der Waals surface area contributed by atoms with Gasteiger partial charge in [-0.3, -0.25) is 14.6 Å². The molecule has 2 aromatic heterocycles. The van der Waals surface area contributed by atoms with Gasteiger partial charge in [0, 0.05) is 49.5 Å². The number of nitrogens with two attached hydrogens (primary N) is 1. The van der Waals surface area contributed by atoms with Gasteiger partial charge in [0.1, 0.15) is 17.7 Å². The standard InChI is InChI=1S/C29H29ClN4O3/c30-25-16-21(26-10-6-20(18-32-26)29(36)34-12-2-1-3-13-34)14-22-15-24(37-28(22)25)9-8-23(35)7-4-19-5-11-27(31)33-17-19/h4-7,10-11,14,16-18,24H,1-3,8-9,12-13,15H2,(H2,31,33)/b7-4+. The van der Waals surface area contributed by atoms with Crippen molar-refractivity contribution in [1.82, 2.24) is 14.9 Å². The summed E-state index contributed by atoms with van der Waals surface area (Å²) in [5.41, 5.74) is 9.64. The van der Waals surface area contributed by atoms with Crippen molar-refractivity contribution in [2.75, 3.05) is 18.8 Å². The zero-order chi connectivity index (χ0) is 25.8. The first kappa shape index (κ1) is 25.0. The fourth-order valence-electron chi connectivity index (χ4n) is 4.76. The van der Waals surface area contributed by atoms with Gasteiger partial charge in [0.05, 0.1) is 16.3 Å². The zero-order valence-corrected chi connectivity index (χ0v) is 21.3. The highest BCUT2D eigenvalue weighted by atomic mass is 35.5. The normalized spacial score (nSPS) is 17.0. The fraction of sp³-hybridized carbons (Fsp3) is 0.310. The molecule has 1 unspecified atom stereocenters. The van der Waals surface area contributed by atoms with E-state index in [4.69, 9.17) is 22.1 Å². The van der Waals surface area contributed by atoms with E-state index >= 15 is 0 Å². The van der Waals surface area contributed by atoms with Gasteiger partial charge in [0.2, 0.25) is 0 Å². The van der Waals surface area contributed by atoms with Gasteiger partial charge in [-0.1, -0.05) is 11.6 Å². The first-order chi connectivity index (χ1) is 18.0. The van der Waals surface area contributed by atoms with E-state index in [1.807, 2.05) is 35.2 Å². The van der Waals surface area contributed by atoms with Crippen molar-refractivity contribution in [3.8, 4) is 17.0 Å². The van der Waals surface area contributed by atoms with E-state index in [9.17, 15) is 9.59 Å². The first-order valence-electron chi connectivity index (χ1n) is 12.6. The largest absolute Gasteiger partial charge is 0.488 e. The van der Waals surface area contributed by atoms with Crippen molar-refractivity contribution >= 4 is 35.2 Å². The molecular weight excluding hydrogens is 488 g/mol. The molecule has 2 aliphatic heterocycles. The number of likely N-dealkylation sites (tertiary alicyclic amines) is 1. The monoisotopic (exact) mass is 516 g/mol. The number of nitrogens with zero attached hydrogens (tertiary/aromatic N) is 3. The molecule has 0 radical (unpaired) electrons. The molecule has 0 bridgehead atoms. The molecule has 4 heterocycles. The molecule has 37 heavy (non-hydrogen) atoms. The number of rotatable bonds is 7. The van der Waals surface area contributed by atoms with Gasteiger partial charge in [-0.25, -0.2) is 4.98 Å². The van der Waals surface area contributed by atoms with E-state index in [0.29, 0.717) is 41.4 Å². The highest BCUT2D eigenvalue weighted by Gasteiger charge is 2.26. The fourth-order valence-corrected chi connectivity index (χ4v) is 5.04. The lowest BCUT2D eigenvalue weighted by molar-refractivity contribution is -0.115. The Balaban J connectivity index is 1.19. The number of carbonyl (C=O) groups is 2. The Labute approximate surface area is 221 Å². The van der Waals surface area contributed by atoms with E-state index in [-0.39, 0.29) is 17.8 Å².